The van der Waals surface area contributed by atoms with Crippen molar-refractivity contribution in [3.8, 4) is 17.6 Å². The van der Waals surface area contributed by atoms with Gasteiger partial charge in [-0.3, -0.25) is 4.79 Å². The Labute approximate surface area is 213 Å². The van der Waals surface area contributed by atoms with Gasteiger partial charge in [0.25, 0.3) is 0 Å². The average Bonchev–Trinajstić information content (AvgIpc) is 3.13. The van der Waals surface area contributed by atoms with Crippen LogP contribution >= 0.6 is 0 Å². The molecule has 0 saturated heterocycles. The molecule has 3 aromatic rings. The van der Waals surface area contributed by atoms with Crippen molar-refractivity contribution in [2.24, 2.45) is 5.92 Å². The van der Waals surface area contributed by atoms with Crippen LogP contribution in [0.3, 0.4) is 0 Å². The number of aryl methyl sites for hydroxylation is 1. The van der Waals surface area contributed by atoms with Crippen LogP contribution in [0.25, 0.3) is 10.8 Å². The fraction of sp³-hybridized carbons (Fsp3) is 0.192. The van der Waals surface area contributed by atoms with Gasteiger partial charge in [-0.15, -0.1) is 0 Å². The fourth-order valence-electron chi connectivity index (χ4n) is 3.79. The lowest BCUT2D eigenvalue weighted by Gasteiger charge is -2.19. The molecule has 1 heterocycles. The standard InChI is InChI=1S/C26H23N3O7S/c1-16(14-27)7-8-18-9-10-19-13-24(36-26(32)21-5-3-4-6-23(21)35-17(2)30)22(12-20(19)11-18)29-15-25(31)28-37(29,33)34/h3-6,9-13,15-16,28,31H,7-8H2,1-2H3. The smallest absolute Gasteiger partial charge is 0.347 e. The van der Waals surface area contributed by atoms with Crippen LogP contribution in [0.4, 0.5) is 5.69 Å². The van der Waals surface area contributed by atoms with Crippen LogP contribution in [-0.2, 0) is 21.4 Å². The zero-order valence-corrected chi connectivity index (χ0v) is 20.8. The van der Waals surface area contributed by atoms with Gasteiger partial charge in [0, 0.05) is 12.8 Å². The molecular formula is C26H23N3O7S. The minimum atomic E-state index is -4.20. The van der Waals surface area contributed by atoms with E-state index in [1.165, 1.54) is 31.2 Å². The van der Waals surface area contributed by atoms with Crippen molar-refractivity contribution in [2.75, 3.05) is 4.31 Å². The number of rotatable bonds is 7. The van der Waals surface area contributed by atoms with Crippen molar-refractivity contribution in [1.82, 2.24) is 4.72 Å². The third kappa shape index (κ3) is 5.65. The number of nitrogens with zero attached hydrogens (tertiary/aromatic N) is 2. The van der Waals surface area contributed by atoms with E-state index in [9.17, 15) is 23.1 Å². The van der Waals surface area contributed by atoms with Gasteiger partial charge >= 0.3 is 22.1 Å². The lowest BCUT2D eigenvalue weighted by Crippen LogP contribution is -2.30. The number of hydrogen-bond donors (Lipinski definition) is 2. The van der Waals surface area contributed by atoms with Gasteiger partial charge in [-0.25, -0.2) is 13.8 Å². The van der Waals surface area contributed by atoms with Crippen molar-refractivity contribution in [3.05, 3.63) is 77.8 Å². The highest BCUT2D eigenvalue weighted by atomic mass is 32.2. The zero-order valence-electron chi connectivity index (χ0n) is 20.0. The summed E-state index contributed by atoms with van der Waals surface area (Å²) in [6, 6.07) is 16.8. The molecule has 190 valence electrons. The number of carbonyl (C=O) groups is 2. The van der Waals surface area contributed by atoms with E-state index >= 15 is 0 Å². The summed E-state index contributed by atoms with van der Waals surface area (Å²) in [6.07, 6.45) is 2.26. The first kappa shape index (κ1) is 25.5. The normalized spacial score (nSPS) is 14.8. The highest BCUT2D eigenvalue weighted by Crippen LogP contribution is 2.38. The predicted molar refractivity (Wildman–Crippen MR) is 135 cm³/mol. The summed E-state index contributed by atoms with van der Waals surface area (Å²) in [7, 11) is -4.20. The van der Waals surface area contributed by atoms with Crippen LogP contribution in [0, 0.1) is 17.2 Å². The molecule has 10 nitrogen and oxygen atoms in total. The molecule has 0 radical (unpaired) electrons. The Morgan fingerprint density at radius 2 is 1.84 bits per heavy atom. The molecule has 0 aromatic heterocycles. The van der Waals surface area contributed by atoms with Gasteiger partial charge in [0.1, 0.15) is 17.0 Å². The SMILES string of the molecule is CC(=O)Oc1ccccc1C(=O)Oc1cc2ccc(CCC(C)C#N)cc2cc1N1C=C(O)NS1(=O)=O. The number of hydrogen-bond acceptors (Lipinski definition) is 8. The van der Waals surface area contributed by atoms with E-state index in [1.54, 1.807) is 18.2 Å². The number of benzene rings is 3. The molecule has 0 spiro atoms. The van der Waals surface area contributed by atoms with E-state index < -0.39 is 28.0 Å². The molecule has 37 heavy (non-hydrogen) atoms. The lowest BCUT2D eigenvalue weighted by atomic mass is 9.99. The Balaban J connectivity index is 1.78. The molecule has 2 N–H and O–H groups in total. The van der Waals surface area contributed by atoms with Crippen molar-refractivity contribution < 1.29 is 32.6 Å². The topological polar surface area (TPSA) is 146 Å². The average molecular weight is 522 g/mol. The number of aliphatic hydroxyl groups excluding tert-OH is 1. The third-order valence-electron chi connectivity index (χ3n) is 5.60. The second kappa shape index (κ2) is 10.2. The molecule has 3 aromatic carbocycles. The van der Waals surface area contributed by atoms with Gasteiger partial charge in [0.15, 0.2) is 5.75 Å². The molecule has 0 fully saturated rings. The van der Waals surface area contributed by atoms with E-state index in [0.29, 0.717) is 23.6 Å². The highest BCUT2D eigenvalue weighted by molar-refractivity contribution is 7.91. The summed E-state index contributed by atoms with van der Waals surface area (Å²) >= 11 is 0. The molecule has 11 heteroatoms. The van der Waals surface area contributed by atoms with Gasteiger partial charge in [0.05, 0.1) is 12.3 Å². The number of carbonyl (C=O) groups excluding carboxylic acids is 2. The van der Waals surface area contributed by atoms with Gasteiger partial charge in [-0.2, -0.15) is 13.7 Å². The van der Waals surface area contributed by atoms with Crippen LogP contribution in [0.5, 0.6) is 11.5 Å². The third-order valence-corrected chi connectivity index (χ3v) is 6.89. The highest BCUT2D eigenvalue weighted by Gasteiger charge is 2.32. The Morgan fingerprint density at radius 1 is 1.08 bits per heavy atom. The van der Waals surface area contributed by atoms with E-state index in [1.807, 2.05) is 23.8 Å². The number of para-hydroxylation sites is 1. The number of fused-ring (bicyclic) bond motifs is 1. The van der Waals surface area contributed by atoms with Gasteiger partial charge < -0.3 is 14.6 Å². The molecular weight excluding hydrogens is 498 g/mol. The molecule has 1 unspecified atom stereocenters. The first-order chi connectivity index (χ1) is 17.6. The van der Waals surface area contributed by atoms with Crippen LogP contribution < -0.4 is 18.5 Å². The Morgan fingerprint density at radius 3 is 2.51 bits per heavy atom. The van der Waals surface area contributed by atoms with E-state index in [-0.39, 0.29) is 28.7 Å². The molecule has 0 bridgehead atoms. The second-order valence-corrected chi connectivity index (χ2v) is 10.0. The number of nitriles is 1. The van der Waals surface area contributed by atoms with Gasteiger partial charge in [-0.1, -0.05) is 30.3 Å². The number of nitrogens with one attached hydrogen (secondary N) is 1. The minimum Gasteiger partial charge on any atom is -0.493 e. The van der Waals surface area contributed by atoms with E-state index in [2.05, 4.69) is 6.07 Å². The first-order valence-corrected chi connectivity index (χ1v) is 12.7. The molecule has 4 rings (SSSR count). The molecule has 0 aliphatic carbocycles. The lowest BCUT2D eigenvalue weighted by molar-refractivity contribution is -0.131. The Bertz CT molecular complexity index is 1570. The monoisotopic (exact) mass is 521 g/mol. The number of ether oxygens (including phenoxy) is 2. The van der Waals surface area contributed by atoms with Crippen LogP contribution in [0.2, 0.25) is 0 Å². The van der Waals surface area contributed by atoms with Crippen molar-refractivity contribution in [3.63, 3.8) is 0 Å². The fourth-order valence-corrected chi connectivity index (χ4v) is 4.85. The minimum absolute atomic E-state index is 0.00780. The Hall–Kier alpha value is -4.56. The number of aliphatic hydroxyl groups is 1. The van der Waals surface area contributed by atoms with Crippen molar-refractivity contribution in [1.29, 1.82) is 5.26 Å². The number of esters is 2. The second-order valence-electron chi connectivity index (χ2n) is 8.47. The molecule has 0 amide bonds. The van der Waals surface area contributed by atoms with Gasteiger partial charge in [0.2, 0.25) is 5.88 Å². The maximum atomic E-state index is 13.1. The molecule has 1 aliphatic rings. The summed E-state index contributed by atoms with van der Waals surface area (Å²) in [5.41, 5.74) is 0.887. The Kier molecular flexibility index (Phi) is 7.04. The van der Waals surface area contributed by atoms with Crippen LogP contribution in [-0.4, -0.2) is 25.5 Å². The summed E-state index contributed by atoms with van der Waals surface area (Å²) in [5.74, 6) is -2.32. The molecule has 1 aliphatic heterocycles. The van der Waals surface area contributed by atoms with Gasteiger partial charge in [-0.05, 0) is 60.4 Å². The summed E-state index contributed by atoms with van der Waals surface area (Å²) in [4.78, 5) is 24.5. The summed E-state index contributed by atoms with van der Waals surface area (Å²) < 4.78 is 38.7. The van der Waals surface area contributed by atoms with Crippen LogP contribution in [0.1, 0.15) is 36.2 Å². The van der Waals surface area contributed by atoms with E-state index in [4.69, 9.17) is 14.7 Å². The quantitative estimate of drug-likeness (QED) is 0.349. The predicted octanol–water partition coefficient (Wildman–Crippen LogP) is 4.09. The first-order valence-electron chi connectivity index (χ1n) is 11.3. The number of anilines is 1. The van der Waals surface area contributed by atoms with E-state index in [0.717, 1.165) is 16.1 Å². The molecule has 0 saturated carbocycles. The van der Waals surface area contributed by atoms with Crippen LogP contribution in [0.15, 0.2) is 66.7 Å². The maximum Gasteiger partial charge on any atom is 0.347 e. The summed E-state index contributed by atoms with van der Waals surface area (Å²) in [5, 5.41) is 20.2. The zero-order chi connectivity index (χ0) is 26.7. The maximum absolute atomic E-state index is 13.1. The molecule has 1 atom stereocenters. The van der Waals surface area contributed by atoms with Crippen molar-refractivity contribution >= 4 is 38.6 Å². The summed E-state index contributed by atoms with van der Waals surface area (Å²) in [6.45, 7) is 3.03. The van der Waals surface area contributed by atoms with Crippen molar-refractivity contribution in [2.45, 2.75) is 26.7 Å². The largest absolute Gasteiger partial charge is 0.493 e.